The molecule has 1 amide bonds. The summed E-state index contributed by atoms with van der Waals surface area (Å²) in [6.07, 6.45) is 6.90. The van der Waals surface area contributed by atoms with Crippen LogP contribution in [0, 0.1) is 5.92 Å². The minimum Gasteiger partial charge on any atom is -0.480 e. The molecule has 0 spiro atoms. The topological polar surface area (TPSA) is 66.4 Å². The summed E-state index contributed by atoms with van der Waals surface area (Å²) >= 11 is 0. The lowest BCUT2D eigenvalue weighted by Crippen LogP contribution is -2.37. The molecule has 14 heavy (non-hydrogen) atoms. The number of hydrogen-bond acceptors (Lipinski definition) is 2. The van der Waals surface area contributed by atoms with Crippen molar-refractivity contribution in [2.24, 2.45) is 5.92 Å². The van der Waals surface area contributed by atoms with Crippen LogP contribution in [-0.2, 0) is 9.59 Å². The number of carbonyl (C=O) groups excluding carboxylic acids is 1. The Kier molecular flexibility index (Phi) is 4.43. The van der Waals surface area contributed by atoms with E-state index in [2.05, 4.69) is 5.32 Å². The van der Waals surface area contributed by atoms with E-state index in [1.165, 1.54) is 19.3 Å². The van der Waals surface area contributed by atoms with Crippen molar-refractivity contribution in [3.63, 3.8) is 0 Å². The van der Waals surface area contributed by atoms with Crippen LogP contribution in [0.15, 0.2) is 0 Å². The Morgan fingerprint density at radius 3 is 2.57 bits per heavy atom. The summed E-state index contributed by atoms with van der Waals surface area (Å²) in [4.78, 5) is 20.9. The Bertz CT molecular complexity index is 200. The predicted molar refractivity (Wildman–Crippen MR) is 51.8 cm³/mol. The summed E-state index contributed by atoms with van der Waals surface area (Å²) in [5.41, 5.74) is 0. The summed E-state index contributed by atoms with van der Waals surface area (Å²) in [6, 6.07) is -0.699. The zero-order valence-corrected chi connectivity index (χ0v) is 8.24. The van der Waals surface area contributed by atoms with E-state index in [1.54, 1.807) is 0 Å². The summed E-state index contributed by atoms with van der Waals surface area (Å²) in [5, 5.41) is 11.2. The van der Waals surface area contributed by atoms with E-state index >= 15 is 0 Å². The largest absolute Gasteiger partial charge is 0.480 e. The predicted octanol–water partition coefficient (Wildman–Crippen LogP) is 1.16. The molecule has 0 bridgehead atoms. The highest BCUT2D eigenvalue weighted by Crippen LogP contribution is 2.27. The SMILES string of the molecule is O=CNC(CC1CCCCC1)C(=O)O. The molecule has 0 aliphatic heterocycles. The maximum Gasteiger partial charge on any atom is 0.326 e. The summed E-state index contributed by atoms with van der Waals surface area (Å²) < 4.78 is 0. The monoisotopic (exact) mass is 199 g/mol. The third kappa shape index (κ3) is 3.36. The van der Waals surface area contributed by atoms with Gasteiger partial charge in [0.1, 0.15) is 6.04 Å². The fraction of sp³-hybridized carbons (Fsp3) is 0.800. The van der Waals surface area contributed by atoms with Crippen LogP contribution in [0.3, 0.4) is 0 Å². The van der Waals surface area contributed by atoms with Gasteiger partial charge in [-0.2, -0.15) is 0 Å². The average molecular weight is 199 g/mol. The molecule has 4 nitrogen and oxygen atoms in total. The molecule has 0 aromatic rings. The first kappa shape index (κ1) is 11.0. The van der Waals surface area contributed by atoms with Gasteiger partial charge < -0.3 is 10.4 Å². The van der Waals surface area contributed by atoms with Gasteiger partial charge in [-0.25, -0.2) is 4.79 Å². The number of nitrogens with one attached hydrogen (secondary N) is 1. The Balaban J connectivity index is 2.36. The summed E-state index contributed by atoms with van der Waals surface area (Å²) in [7, 11) is 0. The van der Waals surface area contributed by atoms with Gasteiger partial charge in [0.05, 0.1) is 0 Å². The smallest absolute Gasteiger partial charge is 0.326 e. The molecule has 0 aromatic carbocycles. The molecular weight excluding hydrogens is 182 g/mol. The van der Waals surface area contributed by atoms with Crippen LogP contribution in [0.25, 0.3) is 0 Å². The molecule has 80 valence electrons. The molecule has 1 fully saturated rings. The molecule has 0 radical (unpaired) electrons. The second-order valence-electron chi connectivity index (χ2n) is 3.92. The molecule has 1 aliphatic carbocycles. The van der Waals surface area contributed by atoms with Crippen LogP contribution < -0.4 is 5.32 Å². The number of aliphatic carboxylic acids is 1. The number of carbonyl (C=O) groups is 2. The number of rotatable bonds is 5. The van der Waals surface area contributed by atoms with E-state index in [1.807, 2.05) is 0 Å². The zero-order valence-electron chi connectivity index (χ0n) is 8.24. The quantitative estimate of drug-likeness (QED) is 0.653. The zero-order chi connectivity index (χ0) is 10.4. The first-order chi connectivity index (χ1) is 6.74. The second kappa shape index (κ2) is 5.62. The van der Waals surface area contributed by atoms with Crippen LogP contribution in [0.2, 0.25) is 0 Å². The van der Waals surface area contributed by atoms with Gasteiger partial charge in [-0.05, 0) is 12.3 Å². The van der Waals surface area contributed by atoms with Crippen LogP contribution >= 0.6 is 0 Å². The lowest BCUT2D eigenvalue weighted by molar-refractivity contribution is -0.141. The van der Waals surface area contributed by atoms with Crippen molar-refractivity contribution in [2.75, 3.05) is 0 Å². The van der Waals surface area contributed by atoms with Gasteiger partial charge in [0.2, 0.25) is 6.41 Å². The molecule has 1 atom stereocenters. The molecule has 0 heterocycles. The van der Waals surface area contributed by atoms with E-state index in [-0.39, 0.29) is 0 Å². The minimum atomic E-state index is -0.928. The van der Waals surface area contributed by atoms with Crippen molar-refractivity contribution in [2.45, 2.75) is 44.6 Å². The van der Waals surface area contributed by atoms with Gasteiger partial charge in [0, 0.05) is 0 Å². The van der Waals surface area contributed by atoms with Gasteiger partial charge in [-0.15, -0.1) is 0 Å². The molecule has 1 unspecified atom stereocenters. The highest BCUT2D eigenvalue weighted by molar-refractivity contribution is 5.76. The van der Waals surface area contributed by atoms with Crippen LogP contribution in [0.4, 0.5) is 0 Å². The lowest BCUT2D eigenvalue weighted by Gasteiger charge is -2.24. The van der Waals surface area contributed by atoms with Crippen LogP contribution in [0.1, 0.15) is 38.5 Å². The highest BCUT2D eigenvalue weighted by Gasteiger charge is 2.22. The van der Waals surface area contributed by atoms with Crippen LogP contribution in [-0.4, -0.2) is 23.5 Å². The number of carboxylic acid groups (broad SMARTS) is 1. The second-order valence-corrected chi connectivity index (χ2v) is 3.92. The standard InChI is InChI=1S/C10H17NO3/c12-7-11-9(10(13)14)6-8-4-2-1-3-5-8/h7-9H,1-6H2,(H,11,12)(H,13,14). The Hall–Kier alpha value is -1.06. The van der Waals surface area contributed by atoms with Gasteiger partial charge in [-0.1, -0.05) is 32.1 Å². The summed E-state index contributed by atoms with van der Waals surface area (Å²) in [5.74, 6) is -0.458. The first-order valence-corrected chi connectivity index (χ1v) is 5.16. The van der Waals surface area contributed by atoms with Gasteiger partial charge in [0.25, 0.3) is 0 Å². The Morgan fingerprint density at radius 1 is 1.43 bits per heavy atom. The Morgan fingerprint density at radius 2 is 2.07 bits per heavy atom. The fourth-order valence-corrected chi connectivity index (χ4v) is 2.08. The Labute approximate surface area is 83.7 Å². The van der Waals surface area contributed by atoms with Crippen molar-refractivity contribution in [3.05, 3.63) is 0 Å². The van der Waals surface area contributed by atoms with Crippen molar-refractivity contribution < 1.29 is 14.7 Å². The van der Waals surface area contributed by atoms with Gasteiger partial charge >= 0.3 is 5.97 Å². The number of hydrogen-bond donors (Lipinski definition) is 2. The van der Waals surface area contributed by atoms with Crippen molar-refractivity contribution in [1.29, 1.82) is 0 Å². The fourth-order valence-electron chi connectivity index (χ4n) is 2.08. The third-order valence-electron chi connectivity index (χ3n) is 2.86. The van der Waals surface area contributed by atoms with Gasteiger partial charge in [-0.3, -0.25) is 4.79 Å². The highest BCUT2D eigenvalue weighted by atomic mass is 16.4. The molecule has 1 saturated carbocycles. The number of amides is 1. The maximum absolute atomic E-state index is 10.7. The first-order valence-electron chi connectivity index (χ1n) is 5.16. The lowest BCUT2D eigenvalue weighted by atomic mass is 9.85. The summed E-state index contributed by atoms with van der Waals surface area (Å²) in [6.45, 7) is 0. The van der Waals surface area contributed by atoms with Crippen molar-refractivity contribution in [1.82, 2.24) is 5.32 Å². The maximum atomic E-state index is 10.7. The molecular formula is C10H17NO3. The molecule has 1 aliphatic rings. The van der Waals surface area contributed by atoms with Crippen LogP contribution in [0.5, 0.6) is 0 Å². The van der Waals surface area contributed by atoms with E-state index < -0.39 is 12.0 Å². The van der Waals surface area contributed by atoms with Crippen molar-refractivity contribution in [3.8, 4) is 0 Å². The van der Waals surface area contributed by atoms with Gasteiger partial charge in [0.15, 0.2) is 0 Å². The molecule has 1 rings (SSSR count). The van der Waals surface area contributed by atoms with E-state index in [0.29, 0.717) is 18.7 Å². The van der Waals surface area contributed by atoms with E-state index in [0.717, 1.165) is 12.8 Å². The average Bonchev–Trinajstić information content (AvgIpc) is 2.18. The third-order valence-corrected chi connectivity index (χ3v) is 2.86. The molecule has 2 N–H and O–H groups in total. The molecule has 0 saturated heterocycles. The van der Waals surface area contributed by atoms with E-state index in [9.17, 15) is 9.59 Å². The van der Waals surface area contributed by atoms with E-state index in [4.69, 9.17) is 5.11 Å². The molecule has 4 heteroatoms. The normalized spacial score (nSPS) is 20.0. The number of carboxylic acids is 1. The molecule has 0 aromatic heterocycles. The minimum absolute atomic E-state index is 0.470. The van der Waals surface area contributed by atoms with Crippen molar-refractivity contribution >= 4 is 12.4 Å².